The molecule has 0 fully saturated rings. The van der Waals surface area contributed by atoms with Gasteiger partial charge in [-0.2, -0.15) is 0 Å². The van der Waals surface area contributed by atoms with Gasteiger partial charge in [-0.15, -0.1) is 6.58 Å². The Balaban J connectivity index is 1.35. The summed E-state index contributed by atoms with van der Waals surface area (Å²) < 4.78 is 8.30. The molecule has 1 N–H and O–H groups in total. The standard InChI is InChI=1S/C29H30ClN3O2/c1-2-10-22-11-4-8-16-27(22)35-20-9-19-33-26-15-7-6-14-25(26)32-28(33)17-18-31-29(34)21-23-12-3-5-13-24(23)30/h2-8,11-16H,1,9-10,17-21H2,(H,31,34). The number of aromatic nitrogens is 2. The van der Waals surface area contributed by atoms with Crippen LogP contribution in [0, 0.1) is 0 Å². The number of allylic oxidation sites excluding steroid dienone is 1. The van der Waals surface area contributed by atoms with Crippen LogP contribution < -0.4 is 10.1 Å². The normalized spacial score (nSPS) is 10.9. The molecule has 4 rings (SSSR count). The van der Waals surface area contributed by atoms with Crippen molar-refractivity contribution in [3.63, 3.8) is 0 Å². The van der Waals surface area contributed by atoms with Crippen LogP contribution in [0.1, 0.15) is 23.4 Å². The van der Waals surface area contributed by atoms with Gasteiger partial charge >= 0.3 is 0 Å². The molecule has 0 bridgehead atoms. The topological polar surface area (TPSA) is 56.1 Å². The van der Waals surface area contributed by atoms with Gasteiger partial charge in [0.05, 0.1) is 24.1 Å². The minimum atomic E-state index is -0.0487. The maximum atomic E-state index is 12.4. The largest absolute Gasteiger partial charge is 0.493 e. The molecule has 6 heteroatoms. The Kier molecular flexibility index (Phi) is 8.58. The van der Waals surface area contributed by atoms with Gasteiger partial charge in [0.25, 0.3) is 0 Å². The van der Waals surface area contributed by atoms with Gasteiger partial charge in [-0.1, -0.05) is 66.2 Å². The summed E-state index contributed by atoms with van der Waals surface area (Å²) in [5.41, 5.74) is 4.02. The molecule has 35 heavy (non-hydrogen) atoms. The predicted molar refractivity (Wildman–Crippen MR) is 142 cm³/mol. The highest BCUT2D eigenvalue weighted by atomic mass is 35.5. The quantitative estimate of drug-likeness (QED) is 0.203. The molecule has 0 aliphatic heterocycles. The van der Waals surface area contributed by atoms with E-state index < -0.39 is 0 Å². The lowest BCUT2D eigenvalue weighted by Gasteiger charge is -2.13. The Morgan fingerprint density at radius 2 is 1.77 bits per heavy atom. The molecule has 0 aliphatic carbocycles. The van der Waals surface area contributed by atoms with E-state index in [4.69, 9.17) is 21.3 Å². The SMILES string of the molecule is C=CCc1ccccc1OCCCn1c(CCNC(=O)Cc2ccccc2Cl)nc2ccccc21. The monoisotopic (exact) mass is 487 g/mol. The van der Waals surface area contributed by atoms with Crippen LogP contribution in [0.5, 0.6) is 5.75 Å². The van der Waals surface area contributed by atoms with Crippen LogP contribution in [0.2, 0.25) is 5.02 Å². The second kappa shape index (κ2) is 12.2. The van der Waals surface area contributed by atoms with Gasteiger partial charge in [-0.3, -0.25) is 4.79 Å². The van der Waals surface area contributed by atoms with Gasteiger partial charge in [0.15, 0.2) is 0 Å². The predicted octanol–water partition coefficient (Wildman–Crippen LogP) is 5.79. The van der Waals surface area contributed by atoms with Crippen molar-refractivity contribution in [1.82, 2.24) is 14.9 Å². The summed E-state index contributed by atoms with van der Waals surface area (Å²) in [6, 6.07) is 23.6. The van der Waals surface area contributed by atoms with Crippen molar-refractivity contribution in [1.29, 1.82) is 0 Å². The molecule has 1 aromatic heterocycles. The number of hydrogen-bond donors (Lipinski definition) is 1. The average molecular weight is 488 g/mol. The van der Waals surface area contributed by atoms with Crippen LogP contribution >= 0.6 is 11.6 Å². The highest BCUT2D eigenvalue weighted by Gasteiger charge is 2.12. The fourth-order valence-electron chi connectivity index (χ4n) is 4.13. The maximum absolute atomic E-state index is 12.4. The van der Waals surface area contributed by atoms with Gasteiger partial charge in [-0.25, -0.2) is 4.98 Å². The lowest BCUT2D eigenvalue weighted by Crippen LogP contribution is -2.28. The number of benzene rings is 3. The fraction of sp³-hybridized carbons (Fsp3) is 0.241. The van der Waals surface area contributed by atoms with Crippen molar-refractivity contribution in [3.05, 3.63) is 107 Å². The first-order chi connectivity index (χ1) is 17.2. The number of imidazole rings is 1. The van der Waals surface area contributed by atoms with Crippen molar-refractivity contribution in [2.45, 2.75) is 32.2 Å². The molecule has 0 radical (unpaired) electrons. The first-order valence-corrected chi connectivity index (χ1v) is 12.3. The molecule has 180 valence electrons. The number of nitrogens with one attached hydrogen (secondary N) is 1. The molecular weight excluding hydrogens is 458 g/mol. The van der Waals surface area contributed by atoms with Crippen LogP contribution in [0.4, 0.5) is 0 Å². The third kappa shape index (κ3) is 6.52. The van der Waals surface area contributed by atoms with Crippen molar-refractivity contribution >= 4 is 28.5 Å². The Labute approximate surface area is 211 Å². The average Bonchev–Trinajstić information content (AvgIpc) is 3.21. The number of amides is 1. The van der Waals surface area contributed by atoms with Gasteiger partial charge in [0, 0.05) is 24.5 Å². The van der Waals surface area contributed by atoms with Crippen LogP contribution in [0.3, 0.4) is 0 Å². The number of carbonyl (C=O) groups is 1. The number of para-hydroxylation sites is 3. The lowest BCUT2D eigenvalue weighted by molar-refractivity contribution is -0.120. The van der Waals surface area contributed by atoms with Crippen LogP contribution in [-0.2, 0) is 30.6 Å². The van der Waals surface area contributed by atoms with E-state index in [1.54, 1.807) is 6.07 Å². The van der Waals surface area contributed by atoms with Crippen molar-refractivity contribution in [2.75, 3.05) is 13.2 Å². The van der Waals surface area contributed by atoms with Crippen LogP contribution in [0.15, 0.2) is 85.5 Å². The minimum Gasteiger partial charge on any atom is -0.493 e. The molecule has 0 atom stereocenters. The van der Waals surface area contributed by atoms with Gasteiger partial charge < -0.3 is 14.6 Å². The van der Waals surface area contributed by atoms with Crippen molar-refractivity contribution in [3.8, 4) is 5.75 Å². The Hall–Kier alpha value is -3.57. The molecule has 1 amide bonds. The van der Waals surface area contributed by atoms with E-state index in [-0.39, 0.29) is 12.3 Å². The van der Waals surface area contributed by atoms with E-state index in [0.29, 0.717) is 24.6 Å². The van der Waals surface area contributed by atoms with Crippen molar-refractivity contribution < 1.29 is 9.53 Å². The molecular formula is C29H30ClN3O2. The van der Waals surface area contributed by atoms with E-state index in [2.05, 4.69) is 28.6 Å². The zero-order valence-electron chi connectivity index (χ0n) is 19.8. The molecule has 3 aromatic carbocycles. The number of carbonyl (C=O) groups excluding carboxylic acids is 1. The summed E-state index contributed by atoms with van der Waals surface area (Å²) in [6.45, 7) is 5.73. The first kappa shape index (κ1) is 24.6. The van der Waals surface area contributed by atoms with Crippen LogP contribution in [0.25, 0.3) is 11.0 Å². The molecule has 5 nitrogen and oxygen atoms in total. The Bertz CT molecular complexity index is 1300. The number of rotatable bonds is 12. The molecule has 0 unspecified atom stereocenters. The van der Waals surface area contributed by atoms with Crippen LogP contribution in [-0.4, -0.2) is 28.6 Å². The van der Waals surface area contributed by atoms with Gasteiger partial charge in [-0.05, 0) is 48.2 Å². The minimum absolute atomic E-state index is 0.0487. The van der Waals surface area contributed by atoms with E-state index in [1.165, 1.54) is 0 Å². The number of halogens is 1. The number of hydrogen-bond acceptors (Lipinski definition) is 3. The first-order valence-electron chi connectivity index (χ1n) is 11.9. The summed E-state index contributed by atoms with van der Waals surface area (Å²) in [5, 5.41) is 3.61. The lowest BCUT2D eigenvalue weighted by atomic mass is 10.1. The molecule has 0 aliphatic rings. The second-order valence-electron chi connectivity index (χ2n) is 8.34. The summed E-state index contributed by atoms with van der Waals surface area (Å²) in [6.07, 6.45) is 4.43. The summed E-state index contributed by atoms with van der Waals surface area (Å²) in [7, 11) is 0. The molecule has 1 heterocycles. The zero-order valence-corrected chi connectivity index (χ0v) is 20.5. The third-order valence-corrected chi connectivity index (χ3v) is 6.20. The zero-order chi connectivity index (χ0) is 24.5. The number of ether oxygens (including phenoxy) is 1. The number of aryl methyl sites for hydroxylation is 1. The highest BCUT2D eigenvalue weighted by molar-refractivity contribution is 6.31. The van der Waals surface area contributed by atoms with E-state index >= 15 is 0 Å². The van der Waals surface area contributed by atoms with Gasteiger partial charge in [0.1, 0.15) is 11.6 Å². The fourth-order valence-corrected chi connectivity index (χ4v) is 4.33. The van der Waals surface area contributed by atoms with Gasteiger partial charge in [0.2, 0.25) is 5.91 Å². The molecule has 0 spiro atoms. The van der Waals surface area contributed by atoms with E-state index in [9.17, 15) is 4.79 Å². The Morgan fingerprint density at radius 3 is 2.60 bits per heavy atom. The molecule has 0 saturated carbocycles. The van der Waals surface area contributed by atoms with E-state index in [1.807, 2.05) is 60.7 Å². The molecule has 4 aromatic rings. The van der Waals surface area contributed by atoms with Crippen molar-refractivity contribution in [2.24, 2.45) is 0 Å². The molecule has 0 saturated heterocycles. The Morgan fingerprint density at radius 1 is 1.03 bits per heavy atom. The smallest absolute Gasteiger partial charge is 0.224 e. The van der Waals surface area contributed by atoms with E-state index in [0.717, 1.165) is 53.1 Å². The summed E-state index contributed by atoms with van der Waals surface area (Å²) >= 11 is 6.18. The second-order valence-corrected chi connectivity index (χ2v) is 8.75. The highest BCUT2D eigenvalue weighted by Crippen LogP contribution is 2.20. The number of nitrogens with zero attached hydrogens (tertiary/aromatic N) is 2. The number of fused-ring (bicyclic) bond motifs is 1. The maximum Gasteiger partial charge on any atom is 0.224 e. The summed E-state index contributed by atoms with van der Waals surface area (Å²) in [4.78, 5) is 17.2. The summed E-state index contributed by atoms with van der Waals surface area (Å²) in [5.74, 6) is 1.81. The third-order valence-electron chi connectivity index (χ3n) is 5.83.